The van der Waals surface area contributed by atoms with Crippen LogP contribution in [0.1, 0.15) is 82.3 Å². The maximum absolute atomic E-state index is 8.89. The number of ether oxygens (including phenoxy) is 1. The van der Waals surface area contributed by atoms with Crippen LogP contribution in [-0.2, 0) is 5.33 Å². The third-order valence-electron chi connectivity index (χ3n) is 4.54. The molecule has 0 heterocycles. The number of rotatable bonds is 14. The molecule has 3 nitrogen and oxygen atoms in total. The summed E-state index contributed by atoms with van der Waals surface area (Å²) in [7, 11) is 0. The highest BCUT2D eigenvalue weighted by atomic mass is 79.9. The predicted molar refractivity (Wildman–Crippen MR) is 116 cm³/mol. The molecule has 1 rings (SSSR count). The number of hydrogen-bond donors (Lipinski definition) is 0. The topological polar surface area (TPSA) is 56.8 Å². The number of nitrogens with zero attached hydrogens (tertiary/aromatic N) is 2. The van der Waals surface area contributed by atoms with Crippen LogP contribution in [0.2, 0.25) is 0 Å². The molecule has 27 heavy (non-hydrogen) atoms. The number of allylic oxidation sites excluding steroid dienone is 1. The third kappa shape index (κ3) is 10.2. The van der Waals surface area contributed by atoms with Crippen molar-refractivity contribution < 1.29 is 4.74 Å². The molecule has 146 valence electrons. The maximum Gasteiger partial charge on any atom is 0.130 e. The van der Waals surface area contributed by atoms with Gasteiger partial charge in [0.1, 0.15) is 23.5 Å². The molecule has 0 amide bonds. The Morgan fingerprint density at radius 1 is 0.963 bits per heavy atom. The summed E-state index contributed by atoms with van der Waals surface area (Å²) in [4.78, 5) is 0. The average molecular weight is 431 g/mol. The van der Waals surface area contributed by atoms with Gasteiger partial charge < -0.3 is 4.74 Å². The number of benzene rings is 1. The van der Waals surface area contributed by atoms with Crippen molar-refractivity contribution in [2.45, 2.75) is 76.5 Å². The van der Waals surface area contributed by atoms with E-state index in [-0.39, 0.29) is 5.57 Å². The van der Waals surface area contributed by atoms with Gasteiger partial charge in [-0.15, -0.1) is 0 Å². The minimum Gasteiger partial charge on any atom is -0.493 e. The molecular formula is C23H31BrN2O. The van der Waals surface area contributed by atoms with Crippen LogP contribution in [0.15, 0.2) is 23.8 Å². The van der Waals surface area contributed by atoms with Crippen LogP contribution >= 0.6 is 15.9 Å². The van der Waals surface area contributed by atoms with Gasteiger partial charge in [0, 0.05) is 10.9 Å². The van der Waals surface area contributed by atoms with E-state index in [1.54, 1.807) is 6.08 Å². The van der Waals surface area contributed by atoms with E-state index in [4.69, 9.17) is 15.3 Å². The SMILES string of the molecule is CCCCCCCCCCCCOc1cc(C=C(C#N)C#N)ccc1CBr. The fraction of sp³-hybridized carbons (Fsp3) is 0.565. The molecule has 0 aromatic heterocycles. The molecule has 0 fully saturated rings. The van der Waals surface area contributed by atoms with E-state index >= 15 is 0 Å². The Morgan fingerprint density at radius 3 is 2.11 bits per heavy atom. The summed E-state index contributed by atoms with van der Waals surface area (Å²) in [5, 5.41) is 18.5. The summed E-state index contributed by atoms with van der Waals surface area (Å²) in [6.07, 6.45) is 14.6. The van der Waals surface area contributed by atoms with E-state index in [2.05, 4.69) is 22.9 Å². The molecule has 4 heteroatoms. The lowest BCUT2D eigenvalue weighted by Gasteiger charge is -2.11. The molecule has 0 saturated heterocycles. The molecule has 1 aromatic carbocycles. The zero-order valence-electron chi connectivity index (χ0n) is 16.5. The summed E-state index contributed by atoms with van der Waals surface area (Å²) in [6.45, 7) is 2.96. The van der Waals surface area contributed by atoms with Crippen molar-refractivity contribution in [1.29, 1.82) is 10.5 Å². The molecule has 0 bridgehead atoms. The van der Waals surface area contributed by atoms with Crippen molar-refractivity contribution in [3.05, 3.63) is 34.9 Å². The zero-order valence-corrected chi connectivity index (χ0v) is 18.1. The lowest BCUT2D eigenvalue weighted by Crippen LogP contribution is -2.00. The molecule has 0 aliphatic rings. The van der Waals surface area contributed by atoms with E-state index in [9.17, 15) is 0 Å². The van der Waals surface area contributed by atoms with Crippen molar-refractivity contribution in [3.63, 3.8) is 0 Å². The first-order chi connectivity index (χ1) is 13.2. The Bertz CT molecular complexity index is 639. The van der Waals surface area contributed by atoms with Crippen LogP contribution < -0.4 is 4.74 Å². The minimum absolute atomic E-state index is 0.0993. The van der Waals surface area contributed by atoms with Crippen molar-refractivity contribution in [2.24, 2.45) is 0 Å². The number of halogens is 1. The van der Waals surface area contributed by atoms with E-state index in [1.165, 1.54) is 57.8 Å². The average Bonchev–Trinajstić information content (AvgIpc) is 2.70. The fourth-order valence-corrected chi connectivity index (χ4v) is 3.40. The summed E-state index contributed by atoms with van der Waals surface area (Å²) >= 11 is 3.48. The van der Waals surface area contributed by atoms with Gasteiger partial charge in [-0.05, 0) is 24.1 Å². The minimum atomic E-state index is 0.0993. The van der Waals surface area contributed by atoms with Crippen LogP contribution in [-0.4, -0.2) is 6.61 Å². The van der Waals surface area contributed by atoms with Gasteiger partial charge >= 0.3 is 0 Å². The van der Waals surface area contributed by atoms with Crippen LogP contribution in [0.4, 0.5) is 0 Å². The largest absolute Gasteiger partial charge is 0.493 e. The molecule has 0 radical (unpaired) electrons. The predicted octanol–water partition coefficient (Wildman–Crippen LogP) is 7.31. The first kappa shape index (κ1) is 23.3. The van der Waals surface area contributed by atoms with Gasteiger partial charge in [-0.2, -0.15) is 10.5 Å². The van der Waals surface area contributed by atoms with E-state index in [0.717, 1.165) is 23.3 Å². The second-order valence-corrected chi connectivity index (χ2v) is 7.37. The van der Waals surface area contributed by atoms with Gasteiger partial charge in [0.2, 0.25) is 0 Å². The summed E-state index contributed by atoms with van der Waals surface area (Å²) in [6, 6.07) is 9.56. The Hall–Kier alpha value is -1.78. The normalized spacial score (nSPS) is 10.1. The van der Waals surface area contributed by atoms with Crippen molar-refractivity contribution >= 4 is 22.0 Å². The third-order valence-corrected chi connectivity index (χ3v) is 5.15. The van der Waals surface area contributed by atoms with Gasteiger partial charge in [-0.1, -0.05) is 92.8 Å². The number of nitriles is 2. The first-order valence-corrected chi connectivity index (χ1v) is 11.2. The molecule has 0 aliphatic carbocycles. The molecule has 0 spiro atoms. The Labute approximate surface area is 173 Å². The molecule has 0 aliphatic heterocycles. The summed E-state index contributed by atoms with van der Waals surface area (Å²) in [5.74, 6) is 0.826. The van der Waals surface area contributed by atoms with Gasteiger partial charge in [0.25, 0.3) is 0 Å². The molecule has 0 saturated carbocycles. The van der Waals surface area contributed by atoms with Gasteiger partial charge in [-0.3, -0.25) is 0 Å². The summed E-state index contributed by atoms with van der Waals surface area (Å²) in [5.41, 5.74) is 1.99. The van der Waals surface area contributed by atoms with Crippen LogP contribution in [0.3, 0.4) is 0 Å². The molecule has 0 N–H and O–H groups in total. The lowest BCUT2D eigenvalue weighted by atomic mass is 10.1. The number of alkyl halides is 1. The molecular weight excluding hydrogens is 400 g/mol. The monoisotopic (exact) mass is 430 g/mol. The van der Waals surface area contributed by atoms with Crippen molar-refractivity contribution in [2.75, 3.05) is 6.61 Å². The van der Waals surface area contributed by atoms with Crippen LogP contribution in [0.25, 0.3) is 6.08 Å². The quantitative estimate of drug-likeness (QED) is 0.176. The van der Waals surface area contributed by atoms with Crippen LogP contribution in [0.5, 0.6) is 5.75 Å². The van der Waals surface area contributed by atoms with Crippen molar-refractivity contribution in [1.82, 2.24) is 0 Å². The smallest absolute Gasteiger partial charge is 0.130 e. The molecule has 0 unspecified atom stereocenters. The lowest BCUT2D eigenvalue weighted by molar-refractivity contribution is 0.302. The maximum atomic E-state index is 8.89. The van der Waals surface area contributed by atoms with E-state index in [0.29, 0.717) is 11.9 Å². The highest BCUT2D eigenvalue weighted by Crippen LogP contribution is 2.24. The number of hydrogen-bond acceptors (Lipinski definition) is 3. The summed E-state index contributed by atoms with van der Waals surface area (Å²) < 4.78 is 5.96. The van der Waals surface area contributed by atoms with Gasteiger partial charge in [-0.25, -0.2) is 0 Å². The van der Waals surface area contributed by atoms with Gasteiger partial charge in [0.05, 0.1) is 6.61 Å². The fourth-order valence-electron chi connectivity index (χ4n) is 2.93. The Morgan fingerprint density at radius 2 is 1.56 bits per heavy atom. The molecule has 0 atom stereocenters. The second-order valence-electron chi connectivity index (χ2n) is 6.81. The van der Waals surface area contributed by atoms with E-state index < -0.39 is 0 Å². The molecule has 1 aromatic rings. The van der Waals surface area contributed by atoms with E-state index in [1.807, 2.05) is 30.3 Å². The Kier molecular flexibility index (Phi) is 13.2. The number of unbranched alkanes of at least 4 members (excludes halogenated alkanes) is 9. The van der Waals surface area contributed by atoms with Crippen molar-refractivity contribution in [3.8, 4) is 17.9 Å². The highest BCUT2D eigenvalue weighted by molar-refractivity contribution is 9.08. The van der Waals surface area contributed by atoms with Gasteiger partial charge in [0.15, 0.2) is 0 Å². The van der Waals surface area contributed by atoms with Crippen LogP contribution in [0, 0.1) is 22.7 Å². The first-order valence-electron chi connectivity index (χ1n) is 10.1. The Balaban J connectivity index is 2.32. The standard InChI is InChI=1S/C23H31BrN2O/c1-2-3-4-5-6-7-8-9-10-11-14-27-23-16-20(12-13-22(23)17-24)15-21(18-25)19-26/h12-13,15-16H,2-11,14,17H2,1H3. The highest BCUT2D eigenvalue weighted by Gasteiger charge is 2.05. The second kappa shape index (κ2) is 15.3. The zero-order chi connectivity index (χ0) is 19.7.